The number of carbonyl (C=O) groups excluding carboxylic acids is 1. The van der Waals surface area contributed by atoms with Crippen LogP contribution in [-0.4, -0.2) is 22.8 Å². The molecule has 1 aromatic rings. The van der Waals surface area contributed by atoms with E-state index in [1.54, 1.807) is 0 Å². The Morgan fingerprint density at radius 2 is 1.31 bits per heavy atom. The number of hydrogen-bond acceptors (Lipinski definition) is 2. The number of Topliss-reactive ketones (excluding diaryl/α,β-unsaturated/α-hetero) is 1. The predicted molar refractivity (Wildman–Crippen MR) is 98.9 cm³/mol. The van der Waals surface area contributed by atoms with Gasteiger partial charge < -0.3 is 5.11 Å². The van der Waals surface area contributed by atoms with Crippen molar-refractivity contribution in [3.05, 3.63) is 35.4 Å². The number of aliphatic carboxylic acids is 1. The van der Waals surface area contributed by atoms with Crippen LogP contribution in [0.4, 0.5) is 8.78 Å². The Kier molecular flexibility index (Phi) is 10.1. The third-order valence-corrected chi connectivity index (χ3v) is 4.58. The van der Waals surface area contributed by atoms with E-state index in [0.29, 0.717) is 12.8 Å². The Hall–Kier alpha value is -1.78. The number of benzene rings is 1. The molecule has 0 aromatic heterocycles. The van der Waals surface area contributed by atoms with Crippen LogP contribution in [0.2, 0.25) is 0 Å². The third-order valence-electron chi connectivity index (χ3n) is 4.58. The van der Waals surface area contributed by atoms with Gasteiger partial charge >= 0.3 is 11.9 Å². The van der Waals surface area contributed by atoms with E-state index < -0.39 is 18.3 Å². The number of carboxylic acid groups (broad SMARTS) is 1. The number of carbonyl (C=O) groups is 2. The number of hydrogen-bond donors (Lipinski definition) is 1. The first kappa shape index (κ1) is 22.3. The van der Waals surface area contributed by atoms with Gasteiger partial charge in [0, 0.05) is 18.4 Å². The van der Waals surface area contributed by atoms with Crippen LogP contribution in [0.25, 0.3) is 0 Å². The van der Waals surface area contributed by atoms with E-state index in [0.717, 1.165) is 56.1 Å². The molecule has 0 aliphatic heterocycles. The van der Waals surface area contributed by atoms with Gasteiger partial charge in [-0.2, -0.15) is 8.78 Å². The van der Waals surface area contributed by atoms with Crippen molar-refractivity contribution in [1.82, 2.24) is 0 Å². The van der Waals surface area contributed by atoms with Gasteiger partial charge in [0.2, 0.25) is 0 Å². The standard InChI is InChI=1S/C21H30F2O3/c1-17-12-14-18(15-13-17)19(24)11-9-7-5-3-2-4-6-8-10-16-21(22,23)20(25)26/h12-15H,2-11,16H2,1H3,(H,25,26). The average molecular weight is 368 g/mol. The van der Waals surface area contributed by atoms with Crippen LogP contribution in [-0.2, 0) is 4.79 Å². The highest BCUT2D eigenvalue weighted by atomic mass is 19.3. The van der Waals surface area contributed by atoms with E-state index in [9.17, 15) is 18.4 Å². The lowest BCUT2D eigenvalue weighted by molar-refractivity contribution is -0.165. The van der Waals surface area contributed by atoms with E-state index in [4.69, 9.17) is 5.11 Å². The maximum absolute atomic E-state index is 12.9. The molecule has 0 aliphatic rings. The lowest BCUT2D eigenvalue weighted by atomic mass is 10.0. The van der Waals surface area contributed by atoms with Gasteiger partial charge in [-0.25, -0.2) is 4.79 Å². The minimum atomic E-state index is -3.59. The first-order valence-corrected chi connectivity index (χ1v) is 9.54. The zero-order valence-corrected chi connectivity index (χ0v) is 15.6. The second kappa shape index (κ2) is 11.8. The van der Waals surface area contributed by atoms with Crippen LogP contribution in [0.3, 0.4) is 0 Å². The van der Waals surface area contributed by atoms with Crippen LogP contribution in [0, 0.1) is 6.92 Å². The minimum Gasteiger partial charge on any atom is -0.477 e. The fourth-order valence-corrected chi connectivity index (χ4v) is 2.86. The van der Waals surface area contributed by atoms with Gasteiger partial charge in [-0.15, -0.1) is 0 Å². The molecule has 0 heterocycles. The topological polar surface area (TPSA) is 54.4 Å². The van der Waals surface area contributed by atoms with E-state index in [-0.39, 0.29) is 12.2 Å². The molecule has 1 N–H and O–H groups in total. The Morgan fingerprint density at radius 1 is 0.846 bits per heavy atom. The summed E-state index contributed by atoms with van der Waals surface area (Å²) in [5, 5.41) is 8.32. The number of rotatable bonds is 14. The monoisotopic (exact) mass is 368 g/mol. The third kappa shape index (κ3) is 9.07. The molecule has 1 rings (SSSR count). The lowest BCUT2D eigenvalue weighted by Gasteiger charge is -2.10. The Labute approximate surface area is 154 Å². The summed E-state index contributed by atoms with van der Waals surface area (Å²) in [6.45, 7) is 2.00. The molecule has 0 fully saturated rings. The predicted octanol–water partition coefficient (Wildman–Crippen LogP) is 6.19. The van der Waals surface area contributed by atoms with Crippen molar-refractivity contribution in [1.29, 1.82) is 0 Å². The Morgan fingerprint density at radius 3 is 1.81 bits per heavy atom. The molecule has 26 heavy (non-hydrogen) atoms. The molecule has 0 aliphatic carbocycles. The molecule has 0 amide bonds. The van der Waals surface area contributed by atoms with Crippen LogP contribution >= 0.6 is 0 Å². The molecule has 1 aromatic carbocycles. The first-order valence-electron chi connectivity index (χ1n) is 9.54. The van der Waals surface area contributed by atoms with E-state index in [1.807, 2.05) is 31.2 Å². The number of aryl methyl sites for hydroxylation is 1. The van der Waals surface area contributed by atoms with E-state index >= 15 is 0 Å². The van der Waals surface area contributed by atoms with Crippen molar-refractivity contribution in [3.8, 4) is 0 Å². The number of ketones is 1. The van der Waals surface area contributed by atoms with Gasteiger partial charge in [-0.3, -0.25) is 4.79 Å². The summed E-state index contributed by atoms with van der Waals surface area (Å²) >= 11 is 0. The van der Waals surface area contributed by atoms with Crippen molar-refractivity contribution in [2.45, 2.75) is 83.5 Å². The number of unbranched alkanes of at least 4 members (excludes halogenated alkanes) is 8. The minimum absolute atomic E-state index is 0.197. The van der Waals surface area contributed by atoms with Crippen molar-refractivity contribution >= 4 is 11.8 Å². The molecule has 0 saturated heterocycles. The average Bonchev–Trinajstić information content (AvgIpc) is 2.59. The number of halogens is 2. The highest BCUT2D eigenvalue weighted by Gasteiger charge is 2.37. The second-order valence-electron chi connectivity index (χ2n) is 6.98. The summed E-state index contributed by atoms with van der Waals surface area (Å²) in [6, 6.07) is 7.67. The van der Waals surface area contributed by atoms with E-state index in [2.05, 4.69) is 0 Å². The smallest absolute Gasteiger partial charge is 0.374 e. The molecule has 0 bridgehead atoms. The van der Waals surface area contributed by atoms with Gasteiger partial charge in [0.1, 0.15) is 0 Å². The fraction of sp³-hybridized carbons (Fsp3) is 0.619. The molecular weight excluding hydrogens is 338 g/mol. The quantitative estimate of drug-likeness (QED) is 0.315. The summed E-state index contributed by atoms with van der Waals surface area (Å²) in [7, 11) is 0. The van der Waals surface area contributed by atoms with Gasteiger partial charge in [0.25, 0.3) is 0 Å². The maximum Gasteiger partial charge on any atom is 0.374 e. The largest absolute Gasteiger partial charge is 0.477 e. The number of alkyl halides is 2. The summed E-state index contributed by atoms with van der Waals surface area (Å²) in [5.74, 6) is -5.42. The fourth-order valence-electron chi connectivity index (χ4n) is 2.86. The molecule has 3 nitrogen and oxygen atoms in total. The van der Waals surface area contributed by atoms with Crippen molar-refractivity contribution in [3.63, 3.8) is 0 Å². The molecule has 0 spiro atoms. The van der Waals surface area contributed by atoms with Crippen LogP contribution < -0.4 is 0 Å². The summed E-state index contributed by atoms with van der Waals surface area (Å²) < 4.78 is 25.7. The van der Waals surface area contributed by atoms with Gasteiger partial charge in [-0.1, -0.05) is 74.8 Å². The van der Waals surface area contributed by atoms with Crippen LogP contribution in [0.15, 0.2) is 24.3 Å². The Balaban J connectivity index is 1.94. The highest BCUT2D eigenvalue weighted by Crippen LogP contribution is 2.22. The highest BCUT2D eigenvalue weighted by molar-refractivity contribution is 5.96. The lowest BCUT2D eigenvalue weighted by Crippen LogP contribution is -2.27. The summed E-state index contributed by atoms with van der Waals surface area (Å²) in [4.78, 5) is 22.3. The summed E-state index contributed by atoms with van der Waals surface area (Å²) in [5.41, 5.74) is 1.93. The van der Waals surface area contributed by atoms with Crippen LogP contribution in [0.5, 0.6) is 0 Å². The van der Waals surface area contributed by atoms with E-state index in [1.165, 1.54) is 0 Å². The van der Waals surface area contributed by atoms with Crippen molar-refractivity contribution in [2.75, 3.05) is 0 Å². The maximum atomic E-state index is 12.9. The second-order valence-corrected chi connectivity index (χ2v) is 6.98. The first-order chi connectivity index (χ1) is 12.3. The zero-order chi connectivity index (χ0) is 19.4. The van der Waals surface area contributed by atoms with Gasteiger partial charge in [0.15, 0.2) is 5.78 Å². The van der Waals surface area contributed by atoms with Gasteiger partial charge in [0.05, 0.1) is 0 Å². The molecule has 0 saturated carbocycles. The normalized spacial score (nSPS) is 11.5. The molecule has 0 radical (unpaired) electrons. The Bertz CT molecular complexity index is 553. The number of carboxylic acids is 1. The molecule has 5 heteroatoms. The summed E-state index contributed by atoms with van der Waals surface area (Å²) in [6.07, 6.45) is 7.91. The van der Waals surface area contributed by atoms with Crippen LogP contribution in [0.1, 0.15) is 86.6 Å². The zero-order valence-electron chi connectivity index (χ0n) is 15.6. The SMILES string of the molecule is Cc1ccc(C(=O)CCCCCCCCCCCC(F)(F)C(=O)O)cc1. The van der Waals surface area contributed by atoms with Crippen molar-refractivity contribution < 1.29 is 23.5 Å². The molecule has 0 unspecified atom stereocenters. The molecule has 0 atom stereocenters. The van der Waals surface area contributed by atoms with Gasteiger partial charge in [-0.05, 0) is 19.8 Å². The molecular formula is C21H30F2O3. The van der Waals surface area contributed by atoms with Crippen molar-refractivity contribution in [2.24, 2.45) is 0 Å². The molecule has 146 valence electrons.